The minimum atomic E-state index is -0.642. The molecule has 16 heavy (non-hydrogen) atoms. The monoisotopic (exact) mass is 338 g/mol. The summed E-state index contributed by atoms with van der Waals surface area (Å²) < 4.78 is 5.01. The normalized spacial score (nSPS) is 10.1. The predicted octanol–water partition coefficient (Wildman–Crippen LogP) is 1.97. The molecule has 0 spiro atoms. The van der Waals surface area contributed by atoms with Crippen LogP contribution in [0.4, 0.5) is 0 Å². The van der Waals surface area contributed by atoms with E-state index in [2.05, 4.69) is 0 Å². The molecule has 0 bridgehead atoms. The number of benzene rings is 1. The molecule has 0 heterocycles. The zero-order valence-corrected chi connectivity index (χ0v) is 10.7. The molecule has 0 aliphatic carbocycles. The fraction of sp³-hybridized carbons (Fsp3) is 0.300. The largest absolute Gasteiger partial charge is 0.504 e. The van der Waals surface area contributed by atoms with Gasteiger partial charge in [-0.05, 0) is 35.1 Å². The van der Waals surface area contributed by atoms with Crippen LogP contribution in [0.3, 0.4) is 0 Å². The maximum Gasteiger partial charge on any atom is 0.339 e. The number of esters is 1. The number of ether oxygens (including phenoxy) is 1. The van der Waals surface area contributed by atoms with Crippen LogP contribution in [0.1, 0.15) is 23.7 Å². The van der Waals surface area contributed by atoms with Crippen LogP contribution in [-0.2, 0) is 4.74 Å². The number of phenols is 3. The molecule has 0 atom stereocenters. The van der Waals surface area contributed by atoms with E-state index < -0.39 is 23.2 Å². The fourth-order valence-corrected chi connectivity index (χ4v) is 1.67. The molecule has 88 valence electrons. The van der Waals surface area contributed by atoms with E-state index in [4.69, 9.17) is 4.74 Å². The lowest BCUT2D eigenvalue weighted by Crippen LogP contribution is -2.07. The minimum Gasteiger partial charge on any atom is -0.504 e. The second kappa shape index (κ2) is 5.24. The van der Waals surface area contributed by atoms with Crippen molar-refractivity contribution in [1.29, 1.82) is 0 Å². The van der Waals surface area contributed by atoms with Crippen LogP contribution in [0.2, 0.25) is 0 Å². The molecule has 5 nitrogen and oxygen atoms in total. The first-order valence-electron chi connectivity index (χ1n) is 4.59. The van der Waals surface area contributed by atoms with Crippen LogP contribution in [-0.4, -0.2) is 27.9 Å². The molecule has 0 saturated heterocycles. The maximum absolute atomic E-state index is 11.5. The average Bonchev–Trinajstić information content (AvgIpc) is 2.28. The van der Waals surface area contributed by atoms with Crippen LogP contribution >= 0.6 is 22.6 Å². The van der Waals surface area contributed by atoms with Gasteiger partial charge in [0.05, 0.1) is 15.7 Å². The van der Waals surface area contributed by atoms with Crippen LogP contribution in [0.25, 0.3) is 0 Å². The summed E-state index contributed by atoms with van der Waals surface area (Å²) >= 11 is 1.69. The lowest BCUT2D eigenvalue weighted by atomic mass is 10.2. The zero-order valence-electron chi connectivity index (χ0n) is 8.53. The summed E-state index contributed by atoms with van der Waals surface area (Å²) in [5.74, 6) is -2.36. The first-order valence-corrected chi connectivity index (χ1v) is 5.67. The Balaban J connectivity index is 3.10. The number of carbonyl (C=O) groups excluding carboxylic acids is 1. The van der Waals surface area contributed by atoms with Gasteiger partial charge in [-0.2, -0.15) is 0 Å². The molecule has 0 amide bonds. The summed E-state index contributed by atoms with van der Waals surface area (Å²) in [6, 6.07) is 1.06. The third kappa shape index (κ3) is 2.49. The van der Waals surface area contributed by atoms with Gasteiger partial charge in [0.15, 0.2) is 11.5 Å². The van der Waals surface area contributed by atoms with Gasteiger partial charge in [-0.3, -0.25) is 0 Å². The summed E-state index contributed by atoms with van der Waals surface area (Å²) in [5.41, 5.74) is 0.0295. The van der Waals surface area contributed by atoms with Crippen LogP contribution in [0, 0.1) is 3.57 Å². The van der Waals surface area contributed by atoms with Crippen molar-refractivity contribution >= 4 is 28.6 Å². The molecule has 1 rings (SSSR count). The molecular weight excluding hydrogens is 327 g/mol. The Morgan fingerprint density at radius 2 is 2.00 bits per heavy atom. The summed E-state index contributed by atoms with van der Waals surface area (Å²) in [6.07, 6.45) is 0.679. The molecule has 0 unspecified atom stereocenters. The van der Waals surface area contributed by atoms with Gasteiger partial charge in [-0.25, -0.2) is 4.79 Å². The van der Waals surface area contributed by atoms with Crippen molar-refractivity contribution in [2.24, 2.45) is 0 Å². The number of hydrogen-bond acceptors (Lipinski definition) is 5. The van der Waals surface area contributed by atoms with E-state index in [0.717, 1.165) is 6.07 Å². The summed E-state index contributed by atoms with van der Waals surface area (Å²) in [4.78, 5) is 11.5. The number of aromatic hydroxyl groups is 3. The molecule has 1 aromatic rings. The van der Waals surface area contributed by atoms with E-state index >= 15 is 0 Å². The Hall–Kier alpha value is -1.18. The SMILES string of the molecule is CCCOC(=O)c1cc(O)c(O)c(O)c1I. The Kier molecular flexibility index (Phi) is 4.22. The predicted molar refractivity (Wildman–Crippen MR) is 64.7 cm³/mol. The van der Waals surface area contributed by atoms with Gasteiger partial charge >= 0.3 is 5.97 Å². The van der Waals surface area contributed by atoms with E-state index in [-0.39, 0.29) is 15.7 Å². The van der Waals surface area contributed by atoms with Crippen molar-refractivity contribution in [2.75, 3.05) is 6.61 Å². The summed E-state index contributed by atoms with van der Waals surface area (Å²) in [5, 5.41) is 27.9. The number of halogens is 1. The van der Waals surface area contributed by atoms with Crippen molar-refractivity contribution in [2.45, 2.75) is 13.3 Å². The van der Waals surface area contributed by atoms with Crippen LogP contribution in [0.5, 0.6) is 17.2 Å². The number of hydrogen-bond donors (Lipinski definition) is 3. The van der Waals surface area contributed by atoms with Gasteiger partial charge < -0.3 is 20.1 Å². The minimum absolute atomic E-state index is 0.0295. The van der Waals surface area contributed by atoms with E-state index in [1.807, 2.05) is 6.92 Å². The van der Waals surface area contributed by atoms with Crippen molar-refractivity contribution in [3.05, 3.63) is 15.2 Å². The first kappa shape index (κ1) is 12.9. The number of phenolic OH excluding ortho intramolecular Hbond substituents is 3. The third-order valence-corrected chi connectivity index (χ3v) is 2.94. The highest BCUT2D eigenvalue weighted by molar-refractivity contribution is 14.1. The van der Waals surface area contributed by atoms with Gasteiger partial charge in [0.1, 0.15) is 0 Å². The lowest BCUT2D eigenvalue weighted by Gasteiger charge is -2.09. The Morgan fingerprint density at radius 3 is 2.56 bits per heavy atom. The highest BCUT2D eigenvalue weighted by Crippen LogP contribution is 2.40. The first-order chi connectivity index (χ1) is 7.49. The molecule has 0 radical (unpaired) electrons. The standard InChI is InChI=1S/C10H11IO5/c1-2-3-16-10(15)5-4-6(12)8(13)9(14)7(5)11/h4,12-14H,2-3H2,1H3. The Labute approximate surface area is 106 Å². The number of rotatable bonds is 3. The van der Waals surface area contributed by atoms with E-state index in [1.54, 1.807) is 22.6 Å². The highest BCUT2D eigenvalue weighted by atomic mass is 127. The molecule has 1 aromatic carbocycles. The second-order valence-electron chi connectivity index (χ2n) is 3.09. The van der Waals surface area contributed by atoms with Crippen molar-refractivity contribution in [3.8, 4) is 17.2 Å². The average molecular weight is 338 g/mol. The summed E-state index contributed by atoms with van der Waals surface area (Å²) in [6.45, 7) is 2.11. The summed E-state index contributed by atoms with van der Waals surface area (Å²) in [7, 11) is 0. The lowest BCUT2D eigenvalue weighted by molar-refractivity contribution is 0.0502. The van der Waals surface area contributed by atoms with Crippen molar-refractivity contribution in [3.63, 3.8) is 0 Å². The van der Waals surface area contributed by atoms with Crippen molar-refractivity contribution < 1.29 is 24.9 Å². The fourth-order valence-electron chi connectivity index (χ4n) is 1.04. The van der Waals surface area contributed by atoms with E-state index in [1.165, 1.54) is 0 Å². The van der Waals surface area contributed by atoms with Crippen molar-refractivity contribution in [1.82, 2.24) is 0 Å². The van der Waals surface area contributed by atoms with Crippen LogP contribution in [0.15, 0.2) is 6.07 Å². The zero-order chi connectivity index (χ0) is 12.3. The molecular formula is C10H11IO5. The van der Waals surface area contributed by atoms with E-state index in [0.29, 0.717) is 6.42 Å². The van der Waals surface area contributed by atoms with Gasteiger partial charge in [0.25, 0.3) is 0 Å². The van der Waals surface area contributed by atoms with Gasteiger partial charge in [0.2, 0.25) is 5.75 Å². The molecule has 3 N–H and O–H groups in total. The topological polar surface area (TPSA) is 87.0 Å². The molecule has 0 aliphatic rings. The highest BCUT2D eigenvalue weighted by Gasteiger charge is 2.20. The van der Waals surface area contributed by atoms with Gasteiger partial charge in [-0.1, -0.05) is 6.92 Å². The smallest absolute Gasteiger partial charge is 0.339 e. The molecule has 6 heteroatoms. The third-order valence-electron chi connectivity index (χ3n) is 1.85. The number of carbonyl (C=O) groups is 1. The molecule has 0 saturated carbocycles. The Bertz CT molecular complexity index is 416. The maximum atomic E-state index is 11.5. The molecule has 0 aromatic heterocycles. The second-order valence-corrected chi connectivity index (χ2v) is 4.17. The Morgan fingerprint density at radius 1 is 1.38 bits per heavy atom. The molecule has 0 fully saturated rings. The van der Waals surface area contributed by atoms with E-state index in [9.17, 15) is 20.1 Å². The molecule has 0 aliphatic heterocycles. The quantitative estimate of drug-likeness (QED) is 0.446. The van der Waals surface area contributed by atoms with Crippen LogP contribution < -0.4 is 0 Å². The van der Waals surface area contributed by atoms with Gasteiger partial charge in [0, 0.05) is 0 Å². The van der Waals surface area contributed by atoms with Gasteiger partial charge in [-0.15, -0.1) is 0 Å².